The van der Waals surface area contributed by atoms with Crippen molar-refractivity contribution in [1.29, 1.82) is 0 Å². The van der Waals surface area contributed by atoms with Crippen LogP contribution in [0.25, 0.3) is 0 Å². The average Bonchev–Trinajstić information content (AvgIpc) is 3.25. The minimum Gasteiger partial charge on any atom is -0.381 e. The maximum absolute atomic E-state index is 13.9. The first-order valence-electron chi connectivity index (χ1n) is 9.78. The van der Waals surface area contributed by atoms with Gasteiger partial charge in [-0.3, -0.25) is 4.99 Å². The Bertz CT molecular complexity index is 783. The first-order valence-corrected chi connectivity index (χ1v) is 10.7. The van der Waals surface area contributed by atoms with Gasteiger partial charge in [0.1, 0.15) is 5.82 Å². The molecule has 0 unspecified atom stereocenters. The molecule has 0 bridgehead atoms. The van der Waals surface area contributed by atoms with Gasteiger partial charge in [-0.1, -0.05) is 32.0 Å². The van der Waals surface area contributed by atoms with E-state index >= 15 is 0 Å². The van der Waals surface area contributed by atoms with Crippen molar-refractivity contribution < 1.29 is 9.13 Å². The second kappa shape index (κ2) is 9.05. The summed E-state index contributed by atoms with van der Waals surface area (Å²) >= 11 is 1.77. The summed E-state index contributed by atoms with van der Waals surface area (Å²) in [4.78, 5) is 5.74. The monoisotopic (exact) mass is 403 g/mol. The lowest BCUT2D eigenvalue weighted by Gasteiger charge is -2.38. The van der Waals surface area contributed by atoms with Gasteiger partial charge >= 0.3 is 0 Å². The number of halogens is 1. The fourth-order valence-corrected chi connectivity index (χ4v) is 4.53. The summed E-state index contributed by atoms with van der Waals surface area (Å²) in [6.07, 6.45) is 1.72. The highest BCUT2D eigenvalue weighted by molar-refractivity contribution is 7.10. The zero-order chi connectivity index (χ0) is 20.0. The molecule has 0 spiro atoms. The Morgan fingerprint density at radius 2 is 2.00 bits per heavy atom. The van der Waals surface area contributed by atoms with Gasteiger partial charge in [0.25, 0.3) is 0 Å². The molecule has 0 radical (unpaired) electrons. The number of hydrogen-bond acceptors (Lipinski definition) is 3. The Morgan fingerprint density at radius 3 is 2.64 bits per heavy atom. The predicted molar refractivity (Wildman–Crippen MR) is 115 cm³/mol. The van der Waals surface area contributed by atoms with E-state index in [-0.39, 0.29) is 16.6 Å². The predicted octanol–water partition coefficient (Wildman–Crippen LogP) is 4.08. The van der Waals surface area contributed by atoms with Crippen LogP contribution in [0.3, 0.4) is 0 Å². The molecule has 1 aliphatic heterocycles. The number of nitrogens with zero attached hydrogens (tertiary/aromatic N) is 1. The zero-order valence-corrected chi connectivity index (χ0v) is 17.7. The molecule has 0 atom stereocenters. The Labute approximate surface area is 171 Å². The molecule has 2 heterocycles. The summed E-state index contributed by atoms with van der Waals surface area (Å²) < 4.78 is 19.4. The van der Waals surface area contributed by atoms with Crippen LogP contribution in [-0.2, 0) is 15.6 Å². The van der Waals surface area contributed by atoms with Gasteiger partial charge in [-0.25, -0.2) is 4.39 Å². The molecule has 0 saturated carbocycles. The van der Waals surface area contributed by atoms with Crippen molar-refractivity contribution in [3.63, 3.8) is 0 Å². The molecule has 4 nitrogen and oxygen atoms in total. The number of benzene rings is 1. The van der Waals surface area contributed by atoms with E-state index in [0.717, 1.165) is 30.9 Å². The summed E-state index contributed by atoms with van der Waals surface area (Å²) in [5, 5.41) is 9.05. The molecule has 2 aromatic rings. The molecule has 152 valence electrons. The largest absolute Gasteiger partial charge is 0.381 e. The summed E-state index contributed by atoms with van der Waals surface area (Å²) in [6.45, 7) is 7.31. The minimum absolute atomic E-state index is 0.0186. The SMILES string of the molecule is CN=C(NCC(C)(C)c1cccs1)NCC1(c2cccc(F)c2)CCOCC1. The van der Waals surface area contributed by atoms with Crippen molar-refractivity contribution >= 4 is 17.3 Å². The Balaban J connectivity index is 1.66. The van der Waals surface area contributed by atoms with E-state index in [1.54, 1.807) is 30.5 Å². The normalized spacial score (nSPS) is 17.4. The van der Waals surface area contributed by atoms with Crippen LogP contribution in [0.5, 0.6) is 0 Å². The van der Waals surface area contributed by atoms with Crippen molar-refractivity contribution in [1.82, 2.24) is 10.6 Å². The van der Waals surface area contributed by atoms with E-state index < -0.39 is 0 Å². The Kier molecular flexibility index (Phi) is 6.73. The molecular formula is C22H30FN3OS. The zero-order valence-electron chi connectivity index (χ0n) is 16.9. The standard InChI is InChI=1S/C22H30FN3OS/c1-21(2,19-8-5-13-28-19)15-25-20(24-3)26-16-22(9-11-27-12-10-22)17-6-4-7-18(23)14-17/h4-8,13-14H,9-12,15-16H2,1-3H3,(H2,24,25,26). The summed E-state index contributed by atoms with van der Waals surface area (Å²) in [5.41, 5.74) is 0.893. The number of aliphatic imine (C=N–C) groups is 1. The highest BCUT2D eigenvalue weighted by Crippen LogP contribution is 2.34. The van der Waals surface area contributed by atoms with Crippen LogP contribution in [0.1, 0.15) is 37.1 Å². The van der Waals surface area contributed by atoms with E-state index in [1.807, 2.05) is 6.07 Å². The number of rotatable bonds is 6. The molecule has 1 fully saturated rings. The molecule has 2 N–H and O–H groups in total. The lowest BCUT2D eigenvalue weighted by atomic mass is 9.74. The van der Waals surface area contributed by atoms with Gasteiger partial charge in [-0.15, -0.1) is 11.3 Å². The van der Waals surface area contributed by atoms with Crippen LogP contribution >= 0.6 is 11.3 Å². The molecule has 0 aliphatic carbocycles. The van der Waals surface area contributed by atoms with Crippen LogP contribution in [0.2, 0.25) is 0 Å². The summed E-state index contributed by atoms with van der Waals surface area (Å²) in [6, 6.07) is 11.2. The van der Waals surface area contributed by atoms with Gasteiger partial charge in [0, 0.05) is 49.1 Å². The molecule has 0 amide bonds. The Morgan fingerprint density at radius 1 is 1.21 bits per heavy atom. The highest BCUT2D eigenvalue weighted by atomic mass is 32.1. The third-order valence-electron chi connectivity index (χ3n) is 5.59. The quantitative estimate of drug-likeness (QED) is 0.564. The molecule has 3 rings (SSSR count). The number of hydrogen-bond donors (Lipinski definition) is 2. The van der Waals surface area contributed by atoms with Gasteiger partial charge in [0.15, 0.2) is 5.96 Å². The fraction of sp³-hybridized carbons (Fsp3) is 0.500. The maximum atomic E-state index is 13.9. The number of nitrogens with one attached hydrogen (secondary N) is 2. The number of ether oxygens (including phenoxy) is 1. The van der Waals surface area contributed by atoms with Gasteiger partial charge in [0.2, 0.25) is 0 Å². The lowest BCUT2D eigenvalue weighted by molar-refractivity contribution is 0.0513. The molecule has 28 heavy (non-hydrogen) atoms. The molecule has 6 heteroatoms. The molecule has 1 aromatic carbocycles. The van der Waals surface area contributed by atoms with Crippen LogP contribution < -0.4 is 10.6 Å². The molecule has 1 aliphatic rings. The second-order valence-electron chi connectivity index (χ2n) is 8.04. The highest BCUT2D eigenvalue weighted by Gasteiger charge is 2.35. The van der Waals surface area contributed by atoms with E-state index in [0.29, 0.717) is 19.8 Å². The maximum Gasteiger partial charge on any atom is 0.191 e. The van der Waals surface area contributed by atoms with Crippen molar-refractivity contribution in [2.45, 2.75) is 37.5 Å². The van der Waals surface area contributed by atoms with Gasteiger partial charge in [-0.2, -0.15) is 0 Å². The van der Waals surface area contributed by atoms with E-state index in [9.17, 15) is 4.39 Å². The van der Waals surface area contributed by atoms with Crippen LogP contribution in [0.4, 0.5) is 4.39 Å². The van der Waals surface area contributed by atoms with Gasteiger partial charge in [-0.05, 0) is 42.0 Å². The third-order valence-corrected chi connectivity index (χ3v) is 6.83. The lowest BCUT2D eigenvalue weighted by Crippen LogP contribution is -2.49. The first kappa shape index (κ1) is 20.8. The third kappa shape index (κ3) is 4.92. The second-order valence-corrected chi connectivity index (χ2v) is 8.99. The molecular weight excluding hydrogens is 373 g/mol. The van der Waals surface area contributed by atoms with Crippen molar-refractivity contribution in [3.8, 4) is 0 Å². The molecule has 1 aromatic heterocycles. The summed E-state index contributed by atoms with van der Waals surface area (Å²) in [5.74, 6) is 0.579. The minimum atomic E-state index is -0.191. The first-order chi connectivity index (χ1) is 13.5. The Hall–Kier alpha value is -1.92. The van der Waals surface area contributed by atoms with Gasteiger partial charge in [0.05, 0.1) is 0 Å². The van der Waals surface area contributed by atoms with Gasteiger partial charge < -0.3 is 15.4 Å². The van der Waals surface area contributed by atoms with E-state index in [2.05, 4.69) is 47.0 Å². The number of thiophene rings is 1. The molecule has 1 saturated heterocycles. The van der Waals surface area contributed by atoms with Crippen molar-refractivity contribution in [3.05, 3.63) is 58.0 Å². The topological polar surface area (TPSA) is 45.7 Å². The smallest absolute Gasteiger partial charge is 0.191 e. The van der Waals surface area contributed by atoms with Crippen molar-refractivity contribution in [2.24, 2.45) is 4.99 Å². The van der Waals surface area contributed by atoms with Crippen molar-refractivity contribution in [2.75, 3.05) is 33.4 Å². The van der Waals surface area contributed by atoms with Crippen LogP contribution in [0, 0.1) is 5.82 Å². The number of guanidine groups is 1. The fourth-order valence-electron chi connectivity index (χ4n) is 3.68. The summed E-state index contributed by atoms with van der Waals surface area (Å²) in [7, 11) is 1.78. The van der Waals surface area contributed by atoms with E-state index in [1.165, 1.54) is 10.9 Å². The van der Waals surface area contributed by atoms with Crippen LogP contribution in [0.15, 0.2) is 46.8 Å². The average molecular weight is 404 g/mol. The van der Waals surface area contributed by atoms with E-state index in [4.69, 9.17) is 4.74 Å². The van der Waals surface area contributed by atoms with Crippen LogP contribution in [-0.4, -0.2) is 39.3 Å².